The Labute approximate surface area is 137 Å². The predicted octanol–water partition coefficient (Wildman–Crippen LogP) is 2.28. The van der Waals surface area contributed by atoms with Crippen molar-refractivity contribution in [3.63, 3.8) is 0 Å². The fourth-order valence-corrected chi connectivity index (χ4v) is 3.61. The zero-order valence-electron chi connectivity index (χ0n) is 13.4. The lowest BCUT2D eigenvalue weighted by molar-refractivity contribution is -0.117. The van der Waals surface area contributed by atoms with E-state index in [1.54, 1.807) is 6.07 Å². The van der Waals surface area contributed by atoms with E-state index in [1.807, 2.05) is 18.2 Å². The zero-order valence-corrected chi connectivity index (χ0v) is 13.4. The number of primary amides is 1. The van der Waals surface area contributed by atoms with Crippen LogP contribution in [0.25, 0.3) is 0 Å². The van der Waals surface area contributed by atoms with E-state index in [1.165, 1.54) is 38.5 Å². The van der Waals surface area contributed by atoms with Gasteiger partial charge in [-0.15, -0.1) is 0 Å². The molecule has 124 valence electrons. The number of carbonyl (C=O) groups is 2. The van der Waals surface area contributed by atoms with Gasteiger partial charge in [0.1, 0.15) is 0 Å². The third-order valence-electron chi connectivity index (χ3n) is 4.92. The lowest BCUT2D eigenvalue weighted by atomic mass is 9.82. The molecule has 3 rings (SSSR count). The molecule has 0 radical (unpaired) electrons. The summed E-state index contributed by atoms with van der Waals surface area (Å²) in [5, 5.41) is 6.10. The number of anilines is 1. The van der Waals surface area contributed by atoms with Crippen molar-refractivity contribution >= 4 is 17.5 Å². The Bertz CT molecular complexity index is 583. The summed E-state index contributed by atoms with van der Waals surface area (Å²) in [5.74, 6) is 1.03. The van der Waals surface area contributed by atoms with Crippen LogP contribution in [0.4, 0.5) is 5.69 Å². The third-order valence-corrected chi connectivity index (χ3v) is 4.92. The second kappa shape index (κ2) is 7.02. The summed E-state index contributed by atoms with van der Waals surface area (Å²) in [6, 6.07) is 7.94. The van der Waals surface area contributed by atoms with E-state index in [-0.39, 0.29) is 12.5 Å². The highest BCUT2D eigenvalue weighted by Gasteiger charge is 2.34. The molecule has 0 spiro atoms. The van der Waals surface area contributed by atoms with E-state index < -0.39 is 5.91 Å². The van der Waals surface area contributed by atoms with Crippen molar-refractivity contribution in [2.75, 3.05) is 11.9 Å². The van der Waals surface area contributed by atoms with Crippen molar-refractivity contribution in [1.29, 1.82) is 0 Å². The summed E-state index contributed by atoms with van der Waals surface area (Å²) in [6.45, 7) is -0.137. The average Bonchev–Trinajstić information content (AvgIpc) is 3.38. The zero-order chi connectivity index (χ0) is 16.2. The van der Waals surface area contributed by atoms with E-state index in [2.05, 4.69) is 10.6 Å². The number of benzene rings is 1. The molecule has 2 atom stereocenters. The van der Waals surface area contributed by atoms with E-state index in [9.17, 15) is 9.59 Å². The van der Waals surface area contributed by atoms with Gasteiger partial charge in [0.05, 0.1) is 6.54 Å². The van der Waals surface area contributed by atoms with E-state index >= 15 is 0 Å². The highest BCUT2D eigenvalue weighted by Crippen LogP contribution is 2.44. The molecule has 5 nitrogen and oxygen atoms in total. The Balaban J connectivity index is 1.58. The number of nitrogens with one attached hydrogen (secondary N) is 2. The van der Waals surface area contributed by atoms with Crippen LogP contribution in [0.1, 0.15) is 48.9 Å². The van der Waals surface area contributed by atoms with E-state index in [0.717, 1.165) is 17.5 Å². The molecule has 2 aliphatic rings. The maximum Gasteiger partial charge on any atom is 0.251 e. The standard InChI is InChI=1S/C18H25N3O2/c19-17(22)11-20-18(23)14-4-2-6-16(10-14)21-15-5-1-3-13(9-15)12-7-8-12/h2,4,6,10,12-13,15,21H,1,3,5,7-9,11H2,(H2,19,22)(H,20,23)/t13-,15-/m1/s1. The molecule has 5 heteroatoms. The molecule has 2 aliphatic carbocycles. The highest BCUT2D eigenvalue weighted by atomic mass is 16.2. The Morgan fingerprint density at radius 1 is 1.13 bits per heavy atom. The molecular weight excluding hydrogens is 290 g/mol. The lowest BCUT2D eigenvalue weighted by Crippen LogP contribution is -2.33. The average molecular weight is 315 g/mol. The molecule has 0 bridgehead atoms. The summed E-state index contributed by atoms with van der Waals surface area (Å²) in [5.41, 5.74) is 6.57. The minimum Gasteiger partial charge on any atom is -0.382 e. The molecule has 0 unspecified atom stereocenters. The van der Waals surface area contributed by atoms with Gasteiger partial charge in [-0.2, -0.15) is 0 Å². The maximum absolute atomic E-state index is 12.0. The molecule has 1 aromatic rings. The molecule has 0 saturated heterocycles. The monoisotopic (exact) mass is 315 g/mol. The minimum atomic E-state index is -0.541. The summed E-state index contributed by atoms with van der Waals surface area (Å²) in [7, 11) is 0. The third kappa shape index (κ3) is 4.47. The van der Waals surface area contributed by atoms with Crippen LogP contribution in [0, 0.1) is 11.8 Å². The summed E-state index contributed by atoms with van der Waals surface area (Å²) in [4.78, 5) is 22.7. The topological polar surface area (TPSA) is 84.2 Å². The molecule has 2 fully saturated rings. The van der Waals surface area contributed by atoms with Gasteiger partial charge in [-0.25, -0.2) is 0 Å². The number of amides is 2. The van der Waals surface area contributed by atoms with Gasteiger partial charge in [-0.05, 0) is 55.7 Å². The molecule has 0 heterocycles. The smallest absolute Gasteiger partial charge is 0.251 e. The molecule has 0 aliphatic heterocycles. The van der Waals surface area contributed by atoms with Crippen molar-refractivity contribution in [2.24, 2.45) is 17.6 Å². The second-order valence-electron chi connectivity index (χ2n) is 6.84. The predicted molar refractivity (Wildman–Crippen MR) is 90.1 cm³/mol. The Hall–Kier alpha value is -2.04. The Morgan fingerprint density at radius 3 is 2.70 bits per heavy atom. The first kappa shape index (κ1) is 15.8. The van der Waals surface area contributed by atoms with Crippen LogP contribution < -0.4 is 16.4 Å². The number of hydrogen-bond donors (Lipinski definition) is 3. The van der Waals surface area contributed by atoms with E-state index in [0.29, 0.717) is 11.6 Å². The minimum absolute atomic E-state index is 0.137. The Kier molecular flexibility index (Phi) is 4.84. The van der Waals surface area contributed by atoms with Crippen molar-refractivity contribution < 1.29 is 9.59 Å². The number of carbonyl (C=O) groups excluding carboxylic acids is 2. The molecule has 2 saturated carbocycles. The van der Waals surface area contributed by atoms with Crippen LogP contribution in [0.5, 0.6) is 0 Å². The molecule has 0 aromatic heterocycles. The summed E-state index contributed by atoms with van der Waals surface area (Å²) in [6.07, 6.45) is 7.92. The largest absolute Gasteiger partial charge is 0.382 e. The molecular formula is C18H25N3O2. The number of nitrogens with two attached hydrogens (primary N) is 1. The van der Waals surface area contributed by atoms with Gasteiger partial charge >= 0.3 is 0 Å². The van der Waals surface area contributed by atoms with Gasteiger partial charge in [-0.3, -0.25) is 9.59 Å². The van der Waals surface area contributed by atoms with Crippen LogP contribution in [0.2, 0.25) is 0 Å². The second-order valence-corrected chi connectivity index (χ2v) is 6.84. The van der Waals surface area contributed by atoms with Crippen molar-refractivity contribution in [3.05, 3.63) is 29.8 Å². The first-order valence-electron chi connectivity index (χ1n) is 8.55. The van der Waals surface area contributed by atoms with Crippen molar-refractivity contribution in [2.45, 2.75) is 44.6 Å². The Morgan fingerprint density at radius 2 is 1.96 bits per heavy atom. The van der Waals surface area contributed by atoms with Crippen LogP contribution in [0.15, 0.2) is 24.3 Å². The van der Waals surface area contributed by atoms with E-state index in [4.69, 9.17) is 5.73 Å². The first-order chi connectivity index (χ1) is 11.1. The molecule has 2 amide bonds. The van der Waals surface area contributed by atoms with Gasteiger partial charge in [0.15, 0.2) is 0 Å². The van der Waals surface area contributed by atoms with Gasteiger partial charge in [0.25, 0.3) is 5.91 Å². The van der Waals surface area contributed by atoms with Crippen LogP contribution in [-0.2, 0) is 4.79 Å². The summed E-state index contributed by atoms with van der Waals surface area (Å²) < 4.78 is 0. The van der Waals surface area contributed by atoms with Gasteiger partial charge < -0.3 is 16.4 Å². The fourth-order valence-electron chi connectivity index (χ4n) is 3.61. The molecule has 1 aromatic carbocycles. The van der Waals surface area contributed by atoms with Gasteiger partial charge in [-0.1, -0.05) is 18.9 Å². The molecule has 23 heavy (non-hydrogen) atoms. The van der Waals surface area contributed by atoms with Crippen LogP contribution >= 0.6 is 0 Å². The van der Waals surface area contributed by atoms with Gasteiger partial charge in [0.2, 0.25) is 5.91 Å². The fraction of sp³-hybridized carbons (Fsp3) is 0.556. The van der Waals surface area contributed by atoms with Crippen molar-refractivity contribution in [1.82, 2.24) is 5.32 Å². The SMILES string of the molecule is NC(=O)CNC(=O)c1cccc(N[C@@H]2CCC[C@@H](C3CC3)C2)c1. The molecule has 4 N–H and O–H groups in total. The van der Waals surface area contributed by atoms with Gasteiger partial charge in [0, 0.05) is 17.3 Å². The first-order valence-corrected chi connectivity index (χ1v) is 8.55. The highest BCUT2D eigenvalue weighted by molar-refractivity contribution is 5.97. The quantitative estimate of drug-likeness (QED) is 0.753. The van der Waals surface area contributed by atoms with Crippen molar-refractivity contribution in [3.8, 4) is 0 Å². The lowest BCUT2D eigenvalue weighted by Gasteiger charge is -2.30. The number of rotatable bonds is 6. The summed E-state index contributed by atoms with van der Waals surface area (Å²) >= 11 is 0. The van der Waals surface area contributed by atoms with Crippen LogP contribution in [-0.4, -0.2) is 24.4 Å². The van der Waals surface area contributed by atoms with Crippen LogP contribution in [0.3, 0.4) is 0 Å². The number of hydrogen-bond acceptors (Lipinski definition) is 3. The maximum atomic E-state index is 12.0. The normalized spacial score (nSPS) is 24.0.